The molecule has 2 rings (SSSR count). The van der Waals surface area contributed by atoms with E-state index in [4.69, 9.17) is 0 Å². The number of alkyl halides is 3. The molecule has 1 atom stereocenters. The highest BCUT2D eigenvalue weighted by Crippen LogP contribution is 2.29. The van der Waals surface area contributed by atoms with Crippen LogP contribution in [0.25, 0.3) is 0 Å². The molecular formula is C15H14F3NO. The molecule has 0 radical (unpaired) electrons. The van der Waals surface area contributed by atoms with Gasteiger partial charge < -0.3 is 5.11 Å². The van der Waals surface area contributed by atoms with Crippen molar-refractivity contribution in [2.75, 3.05) is 0 Å². The predicted molar refractivity (Wildman–Crippen MR) is 69.1 cm³/mol. The number of hydrogen-bond donors (Lipinski definition) is 1. The molecule has 0 saturated carbocycles. The van der Waals surface area contributed by atoms with Crippen molar-refractivity contribution < 1.29 is 18.3 Å². The minimum atomic E-state index is -4.33. The summed E-state index contributed by atoms with van der Waals surface area (Å²) in [5.74, 6) is 0. The van der Waals surface area contributed by atoms with Gasteiger partial charge in [0.05, 0.1) is 11.7 Å². The number of nitrogens with zero attached hydrogens (tertiary/aromatic N) is 1. The van der Waals surface area contributed by atoms with Gasteiger partial charge in [0, 0.05) is 18.8 Å². The first kappa shape index (κ1) is 14.5. The number of hydrogen-bond acceptors (Lipinski definition) is 2. The van der Waals surface area contributed by atoms with E-state index >= 15 is 0 Å². The number of halogens is 3. The Balaban J connectivity index is 1.96. The topological polar surface area (TPSA) is 33.1 Å². The lowest BCUT2D eigenvalue weighted by atomic mass is 10.0. The van der Waals surface area contributed by atoms with Crippen molar-refractivity contribution in [2.24, 2.45) is 0 Å². The largest absolute Gasteiger partial charge is 0.416 e. The van der Waals surface area contributed by atoms with Crippen molar-refractivity contribution in [3.63, 3.8) is 0 Å². The smallest absolute Gasteiger partial charge is 0.392 e. The third kappa shape index (κ3) is 4.06. The van der Waals surface area contributed by atoms with Gasteiger partial charge in [0.25, 0.3) is 0 Å². The summed E-state index contributed by atoms with van der Waals surface area (Å²) >= 11 is 0. The second-order valence-corrected chi connectivity index (χ2v) is 4.62. The van der Waals surface area contributed by atoms with Gasteiger partial charge >= 0.3 is 6.18 Å². The number of aromatic nitrogens is 1. The molecule has 0 aliphatic rings. The normalized spacial score (nSPS) is 13.2. The highest BCUT2D eigenvalue weighted by Gasteiger charge is 2.29. The van der Waals surface area contributed by atoms with Crippen LogP contribution in [0.2, 0.25) is 0 Å². The Bertz CT molecular complexity index is 537. The molecule has 0 aliphatic heterocycles. The molecule has 2 nitrogen and oxygen atoms in total. The van der Waals surface area contributed by atoms with Gasteiger partial charge in [0.15, 0.2) is 0 Å². The summed E-state index contributed by atoms with van der Waals surface area (Å²) in [7, 11) is 0. The van der Waals surface area contributed by atoms with Crippen molar-refractivity contribution >= 4 is 0 Å². The van der Waals surface area contributed by atoms with E-state index < -0.39 is 17.8 Å². The lowest BCUT2D eigenvalue weighted by Gasteiger charge is -2.12. The van der Waals surface area contributed by atoms with Gasteiger partial charge in [-0.2, -0.15) is 13.2 Å². The molecule has 2 aromatic rings. The molecular weight excluding hydrogens is 267 g/mol. The summed E-state index contributed by atoms with van der Waals surface area (Å²) in [6.45, 7) is 0. The summed E-state index contributed by atoms with van der Waals surface area (Å²) in [5.41, 5.74) is 0.893. The molecule has 0 fully saturated rings. The molecule has 0 saturated heterocycles. The predicted octanol–water partition coefficient (Wildman–Crippen LogP) is 3.25. The Morgan fingerprint density at radius 1 is 1.00 bits per heavy atom. The second kappa shape index (κ2) is 6.05. The molecule has 0 spiro atoms. The number of aliphatic hydroxyl groups excluding tert-OH is 1. The maximum atomic E-state index is 12.4. The van der Waals surface area contributed by atoms with E-state index in [9.17, 15) is 18.3 Å². The van der Waals surface area contributed by atoms with Gasteiger partial charge in [0.1, 0.15) is 0 Å². The van der Waals surface area contributed by atoms with E-state index in [0.29, 0.717) is 18.4 Å². The molecule has 0 aliphatic carbocycles. The van der Waals surface area contributed by atoms with Gasteiger partial charge in [0.2, 0.25) is 0 Å². The highest BCUT2D eigenvalue weighted by atomic mass is 19.4. The average Bonchev–Trinajstić information content (AvgIpc) is 2.39. The third-order valence-corrected chi connectivity index (χ3v) is 2.95. The standard InChI is InChI=1S/C15H14F3NO/c16-15(17,18)13-5-3-11(4-6-13)8-14(20)9-12-2-1-7-19-10-12/h1-7,10,14,20H,8-9H2. The van der Waals surface area contributed by atoms with Gasteiger partial charge in [-0.3, -0.25) is 4.98 Å². The molecule has 1 aromatic heterocycles. The molecule has 20 heavy (non-hydrogen) atoms. The van der Waals surface area contributed by atoms with Gasteiger partial charge in [-0.25, -0.2) is 0 Å². The van der Waals surface area contributed by atoms with Crippen LogP contribution in [0, 0.1) is 0 Å². The Kier molecular flexibility index (Phi) is 4.39. The first-order valence-electron chi connectivity index (χ1n) is 6.18. The maximum absolute atomic E-state index is 12.4. The summed E-state index contributed by atoms with van der Waals surface area (Å²) in [6.07, 6.45) is -0.924. The van der Waals surface area contributed by atoms with Gasteiger partial charge in [-0.05, 0) is 35.7 Å². The fourth-order valence-corrected chi connectivity index (χ4v) is 1.97. The van der Waals surface area contributed by atoms with Crippen molar-refractivity contribution in [2.45, 2.75) is 25.1 Å². The number of rotatable bonds is 4. The van der Waals surface area contributed by atoms with Crippen LogP contribution in [-0.2, 0) is 19.0 Å². The highest BCUT2D eigenvalue weighted by molar-refractivity contribution is 5.25. The van der Waals surface area contributed by atoms with Crippen LogP contribution < -0.4 is 0 Å². The van der Waals surface area contributed by atoms with Crippen LogP contribution in [0.3, 0.4) is 0 Å². The Morgan fingerprint density at radius 2 is 1.65 bits per heavy atom. The Labute approximate surface area is 114 Å². The van der Waals surface area contributed by atoms with Gasteiger partial charge in [-0.1, -0.05) is 18.2 Å². The van der Waals surface area contributed by atoms with Crippen LogP contribution >= 0.6 is 0 Å². The lowest BCUT2D eigenvalue weighted by molar-refractivity contribution is -0.137. The fourth-order valence-electron chi connectivity index (χ4n) is 1.97. The quantitative estimate of drug-likeness (QED) is 0.933. The van der Waals surface area contributed by atoms with Crippen LogP contribution in [-0.4, -0.2) is 16.2 Å². The summed E-state index contributed by atoms with van der Waals surface area (Å²) in [5, 5.41) is 9.94. The van der Waals surface area contributed by atoms with Crippen molar-refractivity contribution in [3.05, 3.63) is 65.5 Å². The Morgan fingerprint density at radius 3 is 2.20 bits per heavy atom. The van der Waals surface area contributed by atoms with Crippen LogP contribution in [0.5, 0.6) is 0 Å². The lowest BCUT2D eigenvalue weighted by Crippen LogP contribution is -2.14. The number of aliphatic hydroxyl groups is 1. The summed E-state index contributed by atoms with van der Waals surface area (Å²) in [4.78, 5) is 3.95. The van der Waals surface area contributed by atoms with E-state index in [1.807, 2.05) is 6.07 Å². The maximum Gasteiger partial charge on any atom is 0.416 e. The summed E-state index contributed by atoms with van der Waals surface area (Å²) < 4.78 is 37.2. The van der Waals surface area contributed by atoms with Gasteiger partial charge in [-0.15, -0.1) is 0 Å². The average molecular weight is 281 g/mol. The molecule has 1 N–H and O–H groups in total. The zero-order valence-electron chi connectivity index (χ0n) is 10.6. The van der Waals surface area contributed by atoms with Crippen LogP contribution in [0.4, 0.5) is 13.2 Å². The SMILES string of the molecule is OC(Cc1ccc(C(F)(F)F)cc1)Cc1cccnc1. The van der Waals surface area contributed by atoms with Crippen molar-refractivity contribution in [1.29, 1.82) is 0 Å². The van der Waals surface area contributed by atoms with E-state index in [1.165, 1.54) is 12.1 Å². The van der Waals surface area contributed by atoms with E-state index in [0.717, 1.165) is 17.7 Å². The molecule has 106 valence electrons. The molecule has 0 bridgehead atoms. The van der Waals surface area contributed by atoms with Crippen molar-refractivity contribution in [3.8, 4) is 0 Å². The van der Waals surface area contributed by atoms with Crippen LogP contribution in [0.1, 0.15) is 16.7 Å². The monoisotopic (exact) mass is 281 g/mol. The molecule has 1 unspecified atom stereocenters. The van der Waals surface area contributed by atoms with E-state index in [2.05, 4.69) is 4.98 Å². The second-order valence-electron chi connectivity index (χ2n) is 4.62. The molecule has 1 aromatic carbocycles. The number of pyridine rings is 1. The van der Waals surface area contributed by atoms with E-state index in [-0.39, 0.29) is 0 Å². The molecule has 1 heterocycles. The van der Waals surface area contributed by atoms with E-state index in [1.54, 1.807) is 18.5 Å². The zero-order chi connectivity index (χ0) is 14.6. The zero-order valence-corrected chi connectivity index (χ0v) is 10.6. The minimum absolute atomic E-state index is 0.313. The number of benzene rings is 1. The fraction of sp³-hybridized carbons (Fsp3) is 0.267. The Hall–Kier alpha value is -1.88. The third-order valence-electron chi connectivity index (χ3n) is 2.95. The molecule has 0 amide bonds. The molecule has 5 heteroatoms. The first-order valence-corrected chi connectivity index (χ1v) is 6.18. The first-order chi connectivity index (χ1) is 9.45. The van der Waals surface area contributed by atoms with Crippen LogP contribution in [0.15, 0.2) is 48.8 Å². The van der Waals surface area contributed by atoms with Crippen molar-refractivity contribution in [1.82, 2.24) is 4.98 Å². The minimum Gasteiger partial charge on any atom is -0.392 e. The summed E-state index contributed by atoms with van der Waals surface area (Å²) in [6, 6.07) is 8.49.